The Bertz CT molecular complexity index is 316. The highest BCUT2D eigenvalue weighted by Crippen LogP contribution is 1.84. The number of nitrogens with one attached hydrogen (secondary N) is 1. The molecule has 0 fully saturated rings. The Morgan fingerprint density at radius 3 is 2.75 bits per heavy atom. The second kappa shape index (κ2) is 8.07. The van der Waals surface area contributed by atoms with Crippen molar-refractivity contribution in [2.75, 3.05) is 26.3 Å². The van der Waals surface area contributed by atoms with Crippen LogP contribution in [0.5, 0.6) is 0 Å². The maximum absolute atomic E-state index is 10.9. The van der Waals surface area contributed by atoms with Crippen molar-refractivity contribution >= 4 is 0 Å². The minimum atomic E-state index is 0.0564. The van der Waals surface area contributed by atoms with Crippen LogP contribution in [-0.2, 0) is 11.3 Å². The summed E-state index contributed by atoms with van der Waals surface area (Å²) in [4.78, 5) is 10.9. The molecule has 1 heterocycles. The van der Waals surface area contributed by atoms with Crippen molar-refractivity contribution < 1.29 is 4.74 Å². The number of pyridine rings is 1. The highest BCUT2D eigenvalue weighted by molar-refractivity contribution is 4.93. The molecule has 0 spiro atoms. The van der Waals surface area contributed by atoms with E-state index in [2.05, 4.69) is 5.32 Å². The van der Waals surface area contributed by atoms with Crippen LogP contribution in [0.4, 0.5) is 0 Å². The van der Waals surface area contributed by atoms with E-state index in [4.69, 9.17) is 4.74 Å². The average Bonchev–Trinajstić information content (AvgIpc) is 2.30. The molecule has 4 nitrogen and oxygen atoms in total. The van der Waals surface area contributed by atoms with Crippen LogP contribution in [0, 0.1) is 0 Å². The molecule has 0 bridgehead atoms. The zero-order chi connectivity index (χ0) is 11.6. The van der Waals surface area contributed by atoms with Crippen molar-refractivity contribution in [1.82, 2.24) is 9.88 Å². The topological polar surface area (TPSA) is 43.3 Å². The van der Waals surface area contributed by atoms with Crippen molar-refractivity contribution in [1.29, 1.82) is 0 Å². The van der Waals surface area contributed by atoms with Crippen molar-refractivity contribution in [2.24, 2.45) is 0 Å². The van der Waals surface area contributed by atoms with Crippen molar-refractivity contribution in [3.05, 3.63) is 34.7 Å². The van der Waals surface area contributed by atoms with Gasteiger partial charge >= 0.3 is 0 Å². The Morgan fingerprint density at radius 2 is 2.06 bits per heavy atom. The van der Waals surface area contributed by atoms with Crippen LogP contribution in [0.15, 0.2) is 29.3 Å². The molecule has 0 atom stereocenters. The molecule has 16 heavy (non-hydrogen) atoms. The van der Waals surface area contributed by atoms with Crippen molar-refractivity contribution in [2.45, 2.75) is 19.9 Å². The van der Waals surface area contributed by atoms with Crippen molar-refractivity contribution in [3.63, 3.8) is 0 Å². The van der Waals surface area contributed by atoms with Gasteiger partial charge in [-0.15, -0.1) is 0 Å². The van der Waals surface area contributed by atoms with Gasteiger partial charge in [0.1, 0.15) is 0 Å². The van der Waals surface area contributed by atoms with E-state index in [0.717, 1.165) is 39.3 Å². The number of hydrogen-bond donors (Lipinski definition) is 1. The van der Waals surface area contributed by atoms with Gasteiger partial charge in [0, 0.05) is 50.8 Å². The van der Waals surface area contributed by atoms with Crippen LogP contribution in [0.25, 0.3) is 0 Å². The maximum Gasteiger partial charge on any atom is 0.181 e. The van der Waals surface area contributed by atoms with E-state index in [0.29, 0.717) is 0 Å². The molecule has 0 unspecified atom stereocenters. The van der Waals surface area contributed by atoms with E-state index in [1.807, 2.05) is 23.9 Å². The molecule has 4 heteroatoms. The van der Waals surface area contributed by atoms with E-state index in [1.54, 1.807) is 12.1 Å². The van der Waals surface area contributed by atoms with E-state index in [9.17, 15) is 4.79 Å². The lowest BCUT2D eigenvalue weighted by atomic mass is 10.4. The van der Waals surface area contributed by atoms with Crippen molar-refractivity contribution in [3.8, 4) is 0 Å². The summed E-state index contributed by atoms with van der Waals surface area (Å²) in [6.45, 7) is 6.38. The SMILES string of the molecule is CCOCCCNCCn1ccc(=O)cc1. The maximum atomic E-state index is 10.9. The number of rotatable bonds is 8. The Morgan fingerprint density at radius 1 is 1.31 bits per heavy atom. The summed E-state index contributed by atoms with van der Waals surface area (Å²) in [6, 6.07) is 3.16. The molecule has 0 radical (unpaired) electrons. The third kappa shape index (κ3) is 5.68. The minimum Gasteiger partial charge on any atom is -0.382 e. The van der Waals surface area contributed by atoms with Crippen LogP contribution in [0.2, 0.25) is 0 Å². The Balaban J connectivity index is 2.03. The highest BCUT2D eigenvalue weighted by atomic mass is 16.5. The summed E-state index contributed by atoms with van der Waals surface area (Å²) in [7, 11) is 0. The molecular formula is C12H20N2O2. The monoisotopic (exact) mass is 224 g/mol. The molecule has 0 aromatic carbocycles. The minimum absolute atomic E-state index is 0.0564. The Kier molecular flexibility index (Phi) is 6.53. The fourth-order valence-electron chi connectivity index (χ4n) is 1.37. The highest BCUT2D eigenvalue weighted by Gasteiger charge is 1.90. The summed E-state index contributed by atoms with van der Waals surface area (Å²) in [5, 5.41) is 3.33. The van der Waals surface area contributed by atoms with Gasteiger partial charge < -0.3 is 14.6 Å². The van der Waals surface area contributed by atoms with Gasteiger partial charge in [-0.2, -0.15) is 0 Å². The quantitative estimate of drug-likeness (QED) is 0.666. The first-order chi connectivity index (χ1) is 7.83. The molecule has 0 aliphatic carbocycles. The van der Waals surface area contributed by atoms with E-state index < -0.39 is 0 Å². The predicted molar refractivity (Wildman–Crippen MR) is 64.7 cm³/mol. The molecule has 0 aliphatic rings. The molecule has 1 N–H and O–H groups in total. The van der Waals surface area contributed by atoms with Gasteiger partial charge in [0.2, 0.25) is 0 Å². The van der Waals surface area contributed by atoms with Crippen LogP contribution in [0.1, 0.15) is 13.3 Å². The molecule has 0 saturated carbocycles. The van der Waals surface area contributed by atoms with E-state index in [1.165, 1.54) is 0 Å². The molecule has 90 valence electrons. The first-order valence-corrected chi connectivity index (χ1v) is 5.77. The van der Waals surface area contributed by atoms with E-state index >= 15 is 0 Å². The van der Waals surface area contributed by atoms with Gasteiger partial charge in [0.15, 0.2) is 5.43 Å². The third-order valence-corrected chi connectivity index (χ3v) is 2.25. The zero-order valence-corrected chi connectivity index (χ0v) is 9.82. The molecule has 0 aliphatic heterocycles. The van der Waals surface area contributed by atoms with Gasteiger partial charge in [0.05, 0.1) is 0 Å². The fourth-order valence-corrected chi connectivity index (χ4v) is 1.37. The number of aromatic nitrogens is 1. The average molecular weight is 224 g/mol. The summed E-state index contributed by atoms with van der Waals surface area (Å²) in [6.07, 6.45) is 4.66. The zero-order valence-electron chi connectivity index (χ0n) is 9.82. The van der Waals surface area contributed by atoms with Crippen LogP contribution in [0.3, 0.4) is 0 Å². The predicted octanol–water partition coefficient (Wildman–Crippen LogP) is 0.864. The van der Waals surface area contributed by atoms with Crippen LogP contribution >= 0.6 is 0 Å². The third-order valence-electron chi connectivity index (χ3n) is 2.25. The largest absolute Gasteiger partial charge is 0.382 e. The first kappa shape index (κ1) is 12.9. The molecule has 1 rings (SSSR count). The Labute approximate surface area is 96.2 Å². The lowest BCUT2D eigenvalue weighted by Crippen LogP contribution is -2.22. The van der Waals surface area contributed by atoms with Gasteiger partial charge in [-0.05, 0) is 19.9 Å². The fraction of sp³-hybridized carbons (Fsp3) is 0.583. The summed E-state index contributed by atoms with van der Waals surface area (Å²) >= 11 is 0. The lowest BCUT2D eigenvalue weighted by molar-refractivity contribution is 0.145. The molecule has 1 aromatic heterocycles. The second-order valence-corrected chi connectivity index (χ2v) is 3.57. The normalized spacial score (nSPS) is 10.6. The van der Waals surface area contributed by atoms with Gasteiger partial charge in [-0.1, -0.05) is 0 Å². The summed E-state index contributed by atoms with van der Waals surface area (Å²) < 4.78 is 7.23. The number of hydrogen-bond acceptors (Lipinski definition) is 3. The number of ether oxygens (including phenoxy) is 1. The van der Waals surface area contributed by atoms with Crippen LogP contribution < -0.4 is 10.7 Å². The summed E-state index contributed by atoms with van der Waals surface area (Å²) in [5.74, 6) is 0. The Hall–Kier alpha value is -1.13. The van der Waals surface area contributed by atoms with Crippen LogP contribution in [-0.4, -0.2) is 30.9 Å². The van der Waals surface area contributed by atoms with Gasteiger partial charge in [0.25, 0.3) is 0 Å². The molecular weight excluding hydrogens is 204 g/mol. The van der Waals surface area contributed by atoms with E-state index in [-0.39, 0.29) is 5.43 Å². The molecule has 1 aromatic rings. The smallest absolute Gasteiger partial charge is 0.181 e. The standard InChI is InChI=1S/C12H20N2O2/c1-2-16-11-3-6-13-7-10-14-8-4-12(15)5-9-14/h4-5,8-9,13H,2-3,6-7,10-11H2,1H3. The lowest BCUT2D eigenvalue weighted by Gasteiger charge is -2.07. The van der Waals surface area contributed by atoms with Gasteiger partial charge in [-0.3, -0.25) is 4.79 Å². The summed E-state index contributed by atoms with van der Waals surface area (Å²) in [5.41, 5.74) is 0.0564. The molecule has 0 saturated heterocycles. The van der Waals surface area contributed by atoms with Gasteiger partial charge in [-0.25, -0.2) is 0 Å². The second-order valence-electron chi connectivity index (χ2n) is 3.57. The molecule has 0 amide bonds. The number of nitrogens with zero attached hydrogens (tertiary/aromatic N) is 1. The first-order valence-electron chi connectivity index (χ1n) is 5.77.